The second-order valence-electron chi connectivity index (χ2n) is 8.51. The second-order valence-corrected chi connectivity index (χ2v) is 8.51. The van der Waals surface area contributed by atoms with Crippen LogP contribution in [0.4, 0.5) is 4.79 Å². The summed E-state index contributed by atoms with van der Waals surface area (Å²) < 4.78 is 17.5. The summed E-state index contributed by atoms with van der Waals surface area (Å²) in [5.74, 6) is 0. The number of carbonyl (C=O) groups excluding carboxylic acids is 1. The van der Waals surface area contributed by atoms with E-state index < -0.39 is 23.9 Å². The molecule has 1 aromatic rings. The lowest BCUT2D eigenvalue weighted by molar-refractivity contribution is 0.00578. The molecule has 0 aromatic carbocycles. The molecule has 0 spiro atoms. The number of hydrogen-bond donors (Lipinski definition) is 0. The molecule has 1 aliphatic heterocycles. The molecular weight excluding hydrogens is 319 g/mol. The Morgan fingerprint density at radius 1 is 1.24 bits per heavy atom. The van der Waals surface area contributed by atoms with Crippen LogP contribution in [0, 0.1) is 0 Å². The predicted molar refractivity (Wildman–Crippen MR) is 97.7 cm³/mol. The molecule has 0 aliphatic carbocycles. The number of carbonyl (C=O) groups is 1. The average Bonchev–Trinajstić information content (AvgIpc) is 2.66. The van der Waals surface area contributed by atoms with Crippen LogP contribution in [0.1, 0.15) is 54.2 Å². The summed E-state index contributed by atoms with van der Waals surface area (Å²) in [7, 11) is 1.25. The van der Waals surface area contributed by atoms with Crippen LogP contribution >= 0.6 is 0 Å². The van der Waals surface area contributed by atoms with Crippen LogP contribution in [0.3, 0.4) is 0 Å². The van der Waals surface area contributed by atoms with Crippen LogP contribution in [0.25, 0.3) is 0 Å². The molecule has 1 fully saturated rings. The van der Waals surface area contributed by atoms with Crippen LogP contribution in [0.15, 0.2) is 18.3 Å². The van der Waals surface area contributed by atoms with E-state index in [2.05, 4.69) is 4.98 Å². The fourth-order valence-corrected chi connectivity index (χ4v) is 2.36. The van der Waals surface area contributed by atoms with Crippen molar-refractivity contribution in [2.45, 2.75) is 71.8 Å². The first kappa shape index (κ1) is 19.7. The fourth-order valence-electron chi connectivity index (χ4n) is 2.36. The van der Waals surface area contributed by atoms with E-state index in [4.69, 9.17) is 14.0 Å². The monoisotopic (exact) mass is 348 g/mol. The Morgan fingerprint density at radius 2 is 1.80 bits per heavy atom. The standard InChI is InChI=1S/C18H29BN2O4/c1-16(2,3)23-15(22)21(8)12-14-11-13(9-10-20-14)19-24-17(4,5)18(6,7)25-19/h9-11H,12H2,1-8H3. The van der Waals surface area contributed by atoms with Crippen LogP contribution in [-0.4, -0.2) is 46.9 Å². The van der Waals surface area contributed by atoms with Gasteiger partial charge in [-0.05, 0) is 66.1 Å². The zero-order valence-electron chi connectivity index (χ0n) is 16.5. The van der Waals surface area contributed by atoms with E-state index in [1.165, 1.54) is 4.90 Å². The molecule has 1 aromatic heterocycles. The Bertz CT molecular complexity index is 624. The first-order valence-electron chi connectivity index (χ1n) is 8.55. The number of hydrogen-bond acceptors (Lipinski definition) is 5. The highest BCUT2D eigenvalue weighted by Crippen LogP contribution is 2.36. The second kappa shape index (κ2) is 6.61. The van der Waals surface area contributed by atoms with E-state index in [0.29, 0.717) is 6.54 Å². The minimum atomic E-state index is -0.524. The number of nitrogens with zero attached hydrogens (tertiary/aromatic N) is 2. The van der Waals surface area contributed by atoms with Crippen molar-refractivity contribution in [3.05, 3.63) is 24.0 Å². The van der Waals surface area contributed by atoms with E-state index in [1.54, 1.807) is 13.2 Å². The summed E-state index contributed by atoms with van der Waals surface area (Å²) in [5, 5.41) is 0. The van der Waals surface area contributed by atoms with Crippen LogP contribution in [-0.2, 0) is 20.6 Å². The maximum absolute atomic E-state index is 12.1. The number of rotatable bonds is 3. The van der Waals surface area contributed by atoms with Gasteiger partial charge in [-0.25, -0.2) is 4.79 Å². The SMILES string of the molecule is CN(Cc1cc(B2OC(C)(C)C(C)(C)O2)ccn1)C(=O)OC(C)(C)C. The van der Waals surface area contributed by atoms with E-state index in [9.17, 15) is 4.79 Å². The highest BCUT2D eigenvalue weighted by Gasteiger charge is 2.51. The summed E-state index contributed by atoms with van der Waals surface area (Å²) in [6, 6.07) is 3.78. The topological polar surface area (TPSA) is 60.9 Å². The van der Waals surface area contributed by atoms with Gasteiger partial charge in [0.25, 0.3) is 0 Å². The molecule has 0 radical (unpaired) electrons. The highest BCUT2D eigenvalue weighted by atomic mass is 16.7. The van der Waals surface area contributed by atoms with Gasteiger partial charge in [-0.15, -0.1) is 0 Å². The molecule has 6 nitrogen and oxygen atoms in total. The van der Waals surface area contributed by atoms with Crippen LogP contribution in [0.2, 0.25) is 0 Å². The molecule has 1 saturated heterocycles. The average molecular weight is 348 g/mol. The van der Waals surface area contributed by atoms with E-state index in [-0.39, 0.29) is 6.09 Å². The zero-order valence-corrected chi connectivity index (χ0v) is 16.5. The summed E-state index contributed by atoms with van der Waals surface area (Å²) in [5.41, 5.74) is 0.327. The van der Waals surface area contributed by atoms with Gasteiger partial charge in [0.1, 0.15) is 5.60 Å². The molecule has 7 heteroatoms. The first-order chi connectivity index (χ1) is 11.3. The summed E-state index contributed by atoms with van der Waals surface area (Å²) in [4.78, 5) is 17.9. The summed E-state index contributed by atoms with van der Waals surface area (Å²) in [6.07, 6.45) is 1.33. The van der Waals surface area contributed by atoms with E-state index in [1.807, 2.05) is 60.6 Å². The summed E-state index contributed by atoms with van der Waals surface area (Å²) >= 11 is 0. The molecule has 0 saturated carbocycles. The number of ether oxygens (including phenoxy) is 1. The van der Waals surface area contributed by atoms with Crippen molar-refractivity contribution in [2.24, 2.45) is 0 Å². The van der Waals surface area contributed by atoms with Gasteiger partial charge < -0.3 is 18.9 Å². The molecule has 2 heterocycles. The number of amides is 1. The van der Waals surface area contributed by atoms with Crippen molar-refractivity contribution in [1.82, 2.24) is 9.88 Å². The molecule has 0 atom stereocenters. The fraction of sp³-hybridized carbons (Fsp3) is 0.667. The Labute approximate surface area is 151 Å². The molecule has 1 aliphatic rings. The van der Waals surface area contributed by atoms with Gasteiger partial charge in [0.05, 0.1) is 23.4 Å². The minimum absolute atomic E-state index is 0.349. The Balaban J connectivity index is 2.09. The molecule has 1 amide bonds. The van der Waals surface area contributed by atoms with E-state index in [0.717, 1.165) is 11.2 Å². The molecule has 0 N–H and O–H groups in total. The molecule has 138 valence electrons. The Hall–Kier alpha value is -1.60. The Kier molecular flexibility index (Phi) is 5.22. The smallest absolute Gasteiger partial charge is 0.444 e. The van der Waals surface area contributed by atoms with Gasteiger partial charge in [0, 0.05) is 13.2 Å². The molecular formula is C18H29BN2O4. The lowest BCUT2D eigenvalue weighted by atomic mass is 9.79. The van der Waals surface area contributed by atoms with Crippen LogP contribution < -0.4 is 5.46 Å². The van der Waals surface area contributed by atoms with Crippen molar-refractivity contribution in [3.8, 4) is 0 Å². The maximum atomic E-state index is 12.1. The van der Waals surface area contributed by atoms with Crippen molar-refractivity contribution in [3.63, 3.8) is 0 Å². The predicted octanol–water partition coefficient (Wildman–Crippen LogP) is 2.75. The van der Waals surface area contributed by atoms with Crippen LogP contribution in [0.5, 0.6) is 0 Å². The van der Waals surface area contributed by atoms with Crippen molar-refractivity contribution in [1.29, 1.82) is 0 Å². The van der Waals surface area contributed by atoms with E-state index >= 15 is 0 Å². The lowest BCUT2D eigenvalue weighted by Gasteiger charge is -2.32. The normalized spacial score (nSPS) is 19.0. The van der Waals surface area contributed by atoms with Crippen molar-refractivity contribution in [2.75, 3.05) is 7.05 Å². The minimum Gasteiger partial charge on any atom is -0.444 e. The maximum Gasteiger partial charge on any atom is 0.494 e. The summed E-state index contributed by atoms with van der Waals surface area (Å²) in [6.45, 7) is 14.0. The van der Waals surface area contributed by atoms with Crippen molar-refractivity contribution < 1.29 is 18.8 Å². The molecule has 0 bridgehead atoms. The number of pyridine rings is 1. The quantitative estimate of drug-likeness (QED) is 0.786. The third kappa shape index (κ3) is 4.73. The first-order valence-corrected chi connectivity index (χ1v) is 8.55. The molecule has 0 unspecified atom stereocenters. The molecule has 25 heavy (non-hydrogen) atoms. The molecule has 2 rings (SSSR count). The Morgan fingerprint density at radius 3 is 2.32 bits per heavy atom. The third-order valence-corrected chi connectivity index (χ3v) is 4.47. The zero-order chi connectivity index (χ0) is 19.0. The highest BCUT2D eigenvalue weighted by molar-refractivity contribution is 6.62. The third-order valence-electron chi connectivity index (χ3n) is 4.47. The lowest BCUT2D eigenvalue weighted by Crippen LogP contribution is -2.41. The number of aromatic nitrogens is 1. The van der Waals surface area contributed by atoms with Gasteiger partial charge in [-0.2, -0.15) is 0 Å². The van der Waals surface area contributed by atoms with Gasteiger partial charge in [-0.3, -0.25) is 4.98 Å². The van der Waals surface area contributed by atoms with Crippen molar-refractivity contribution >= 4 is 18.7 Å². The van der Waals surface area contributed by atoms with Gasteiger partial charge in [0.2, 0.25) is 0 Å². The van der Waals surface area contributed by atoms with Gasteiger partial charge >= 0.3 is 13.2 Å². The van der Waals surface area contributed by atoms with Gasteiger partial charge in [-0.1, -0.05) is 0 Å². The van der Waals surface area contributed by atoms with Gasteiger partial charge in [0.15, 0.2) is 0 Å². The largest absolute Gasteiger partial charge is 0.494 e.